The first kappa shape index (κ1) is 14.9. The van der Waals surface area contributed by atoms with Gasteiger partial charge in [-0.05, 0) is 27.7 Å². The van der Waals surface area contributed by atoms with Gasteiger partial charge < -0.3 is 15.4 Å². The Labute approximate surface area is 109 Å². The normalized spacial score (nSPS) is 13.4. The summed E-state index contributed by atoms with van der Waals surface area (Å²) >= 11 is 0. The molecule has 1 heterocycles. The molecular formula is C13H24N4O. The second kappa shape index (κ2) is 6.66. The zero-order chi connectivity index (χ0) is 13.6. The summed E-state index contributed by atoms with van der Waals surface area (Å²) in [5, 5.41) is 6.55. The minimum Gasteiger partial charge on any atom is -0.380 e. The highest BCUT2D eigenvalue weighted by atomic mass is 16.5. The molecule has 0 aliphatic carbocycles. The second-order valence-electron chi connectivity index (χ2n) is 5.42. The Bertz CT molecular complexity index is 345. The molecule has 0 aliphatic rings. The van der Waals surface area contributed by atoms with Crippen LogP contribution in [0, 0.1) is 0 Å². The van der Waals surface area contributed by atoms with Gasteiger partial charge in [0.25, 0.3) is 0 Å². The lowest BCUT2D eigenvalue weighted by Gasteiger charge is -2.20. The van der Waals surface area contributed by atoms with E-state index < -0.39 is 0 Å². The topological polar surface area (TPSA) is 59.1 Å². The Kier molecular flexibility index (Phi) is 5.50. The van der Waals surface area contributed by atoms with E-state index in [0.29, 0.717) is 0 Å². The van der Waals surface area contributed by atoms with Gasteiger partial charge >= 0.3 is 0 Å². The predicted octanol–water partition coefficient (Wildman–Crippen LogP) is 1.81. The zero-order valence-electron chi connectivity index (χ0n) is 11.9. The Hall–Kier alpha value is -1.20. The van der Waals surface area contributed by atoms with Gasteiger partial charge in [-0.25, -0.2) is 4.98 Å². The SMILES string of the molecule is COC(C)CNc1cnc(CNC(C)(C)C)cn1. The first-order valence-electron chi connectivity index (χ1n) is 6.23. The van der Waals surface area contributed by atoms with Crippen LogP contribution < -0.4 is 10.6 Å². The van der Waals surface area contributed by atoms with E-state index in [-0.39, 0.29) is 11.6 Å². The molecule has 0 fully saturated rings. The fourth-order valence-electron chi connectivity index (χ4n) is 1.22. The van der Waals surface area contributed by atoms with Crippen molar-refractivity contribution in [1.82, 2.24) is 15.3 Å². The average Bonchev–Trinajstić information content (AvgIpc) is 2.33. The highest BCUT2D eigenvalue weighted by Gasteiger charge is 2.09. The molecule has 0 aliphatic heterocycles. The van der Waals surface area contributed by atoms with Crippen LogP contribution in [-0.2, 0) is 11.3 Å². The van der Waals surface area contributed by atoms with Crippen LogP contribution in [0.15, 0.2) is 12.4 Å². The van der Waals surface area contributed by atoms with Gasteiger partial charge in [0.1, 0.15) is 5.82 Å². The van der Waals surface area contributed by atoms with Crippen molar-refractivity contribution < 1.29 is 4.74 Å². The Morgan fingerprint density at radius 1 is 1.28 bits per heavy atom. The number of rotatable bonds is 6. The molecule has 0 amide bonds. The zero-order valence-corrected chi connectivity index (χ0v) is 11.9. The molecule has 0 spiro atoms. The van der Waals surface area contributed by atoms with Crippen LogP contribution in [-0.4, -0.2) is 35.3 Å². The summed E-state index contributed by atoms with van der Waals surface area (Å²) in [6, 6.07) is 0. The van der Waals surface area contributed by atoms with Gasteiger partial charge in [-0.15, -0.1) is 0 Å². The highest BCUT2D eigenvalue weighted by Crippen LogP contribution is 2.04. The number of nitrogens with zero attached hydrogens (tertiary/aromatic N) is 2. The van der Waals surface area contributed by atoms with E-state index in [1.54, 1.807) is 19.5 Å². The summed E-state index contributed by atoms with van der Waals surface area (Å²) in [5.41, 5.74) is 1.03. The average molecular weight is 252 g/mol. The maximum atomic E-state index is 5.15. The molecule has 5 nitrogen and oxygen atoms in total. The molecule has 1 aromatic rings. The third kappa shape index (κ3) is 5.93. The summed E-state index contributed by atoms with van der Waals surface area (Å²) in [7, 11) is 1.69. The number of nitrogens with one attached hydrogen (secondary N) is 2. The van der Waals surface area contributed by atoms with Gasteiger partial charge in [0, 0.05) is 25.7 Å². The summed E-state index contributed by atoms with van der Waals surface area (Å²) in [5.74, 6) is 0.776. The van der Waals surface area contributed by atoms with Crippen LogP contribution in [0.3, 0.4) is 0 Å². The molecule has 2 N–H and O–H groups in total. The summed E-state index contributed by atoms with van der Waals surface area (Å²) in [6.45, 7) is 9.84. The molecule has 1 rings (SSSR count). The number of ether oxygens (including phenoxy) is 1. The number of methoxy groups -OCH3 is 1. The molecule has 1 atom stereocenters. The lowest BCUT2D eigenvalue weighted by molar-refractivity contribution is 0.128. The maximum Gasteiger partial charge on any atom is 0.144 e. The van der Waals surface area contributed by atoms with E-state index in [4.69, 9.17) is 4.74 Å². The fourth-order valence-corrected chi connectivity index (χ4v) is 1.22. The number of hydrogen-bond donors (Lipinski definition) is 2. The van der Waals surface area contributed by atoms with Crippen LogP contribution in [0.4, 0.5) is 5.82 Å². The predicted molar refractivity (Wildman–Crippen MR) is 73.6 cm³/mol. The van der Waals surface area contributed by atoms with E-state index in [0.717, 1.165) is 24.6 Å². The fraction of sp³-hybridized carbons (Fsp3) is 0.692. The van der Waals surface area contributed by atoms with Gasteiger partial charge in [0.2, 0.25) is 0 Å². The Morgan fingerprint density at radius 2 is 2.00 bits per heavy atom. The van der Waals surface area contributed by atoms with Crippen LogP contribution >= 0.6 is 0 Å². The van der Waals surface area contributed by atoms with Gasteiger partial charge in [-0.1, -0.05) is 0 Å². The third-order valence-electron chi connectivity index (χ3n) is 2.48. The smallest absolute Gasteiger partial charge is 0.144 e. The first-order valence-corrected chi connectivity index (χ1v) is 6.23. The van der Waals surface area contributed by atoms with Crippen molar-refractivity contribution in [3.8, 4) is 0 Å². The van der Waals surface area contributed by atoms with Crippen LogP contribution in [0.5, 0.6) is 0 Å². The summed E-state index contributed by atoms with van der Waals surface area (Å²) in [6.07, 6.45) is 3.70. The first-order chi connectivity index (χ1) is 8.40. The van der Waals surface area contributed by atoms with Crippen molar-refractivity contribution >= 4 is 5.82 Å². The van der Waals surface area contributed by atoms with Crippen molar-refractivity contribution in [3.63, 3.8) is 0 Å². The molecule has 0 radical (unpaired) electrons. The van der Waals surface area contributed by atoms with E-state index in [2.05, 4.69) is 41.4 Å². The number of hydrogen-bond acceptors (Lipinski definition) is 5. The van der Waals surface area contributed by atoms with Crippen molar-refractivity contribution in [2.75, 3.05) is 19.0 Å². The van der Waals surface area contributed by atoms with Gasteiger partial charge in [0.15, 0.2) is 0 Å². The number of anilines is 1. The highest BCUT2D eigenvalue weighted by molar-refractivity contribution is 5.31. The second-order valence-corrected chi connectivity index (χ2v) is 5.42. The van der Waals surface area contributed by atoms with E-state index >= 15 is 0 Å². The molecular weight excluding hydrogens is 228 g/mol. The molecule has 1 unspecified atom stereocenters. The Morgan fingerprint density at radius 3 is 2.50 bits per heavy atom. The lowest BCUT2D eigenvalue weighted by atomic mass is 10.1. The largest absolute Gasteiger partial charge is 0.380 e. The quantitative estimate of drug-likeness (QED) is 0.808. The van der Waals surface area contributed by atoms with Gasteiger partial charge in [-0.3, -0.25) is 4.98 Å². The minimum atomic E-state index is 0.0898. The van der Waals surface area contributed by atoms with E-state index in [9.17, 15) is 0 Å². The van der Waals surface area contributed by atoms with Crippen LogP contribution in [0.25, 0.3) is 0 Å². The molecule has 1 aromatic heterocycles. The van der Waals surface area contributed by atoms with Crippen molar-refractivity contribution in [2.24, 2.45) is 0 Å². The summed E-state index contributed by atoms with van der Waals surface area (Å²) in [4.78, 5) is 8.67. The van der Waals surface area contributed by atoms with E-state index in [1.165, 1.54) is 0 Å². The molecule has 0 bridgehead atoms. The van der Waals surface area contributed by atoms with Crippen molar-refractivity contribution in [1.29, 1.82) is 0 Å². The van der Waals surface area contributed by atoms with Crippen LogP contribution in [0.1, 0.15) is 33.4 Å². The Balaban J connectivity index is 2.42. The van der Waals surface area contributed by atoms with Crippen molar-refractivity contribution in [3.05, 3.63) is 18.1 Å². The van der Waals surface area contributed by atoms with Gasteiger partial charge in [0.05, 0.1) is 24.2 Å². The molecule has 18 heavy (non-hydrogen) atoms. The summed E-state index contributed by atoms with van der Waals surface area (Å²) < 4.78 is 5.15. The lowest BCUT2D eigenvalue weighted by Crippen LogP contribution is -2.35. The molecule has 5 heteroatoms. The van der Waals surface area contributed by atoms with Crippen LogP contribution in [0.2, 0.25) is 0 Å². The van der Waals surface area contributed by atoms with E-state index in [1.807, 2.05) is 6.92 Å². The molecule has 0 aromatic carbocycles. The molecule has 0 saturated heterocycles. The van der Waals surface area contributed by atoms with Crippen molar-refractivity contribution in [2.45, 2.75) is 45.9 Å². The molecule has 0 saturated carbocycles. The maximum absolute atomic E-state index is 5.15. The molecule has 102 valence electrons. The van der Waals surface area contributed by atoms with Gasteiger partial charge in [-0.2, -0.15) is 0 Å². The standard InChI is InChI=1S/C13H24N4O/c1-10(18-5)6-15-12-9-14-11(7-16-12)8-17-13(2,3)4/h7,9-10,17H,6,8H2,1-5H3,(H,15,16). The monoisotopic (exact) mass is 252 g/mol. The minimum absolute atomic E-state index is 0.0898. The third-order valence-corrected chi connectivity index (χ3v) is 2.48. The number of aromatic nitrogens is 2.